The number of nitrogens with two attached hydrogens (primary N) is 2. The topological polar surface area (TPSA) is 81.1 Å². The molecule has 0 unspecified atom stereocenters. The highest BCUT2D eigenvalue weighted by atomic mass is 35.5. The van der Waals surface area contributed by atoms with E-state index >= 15 is 0 Å². The zero-order valence-electron chi connectivity index (χ0n) is 10.5. The molecule has 1 fully saturated rings. The molecule has 0 atom stereocenters. The maximum absolute atomic E-state index is 13.7. The van der Waals surface area contributed by atoms with Crippen LogP contribution in [0.2, 0.25) is 5.02 Å². The lowest BCUT2D eigenvalue weighted by Crippen LogP contribution is -2.32. The number of amides is 1. The van der Waals surface area contributed by atoms with Crippen molar-refractivity contribution in [2.75, 3.05) is 5.32 Å². The molecule has 1 aromatic carbocycles. The predicted molar refractivity (Wildman–Crippen MR) is 73.8 cm³/mol. The van der Waals surface area contributed by atoms with Gasteiger partial charge in [0.2, 0.25) is 0 Å². The molecule has 6 heteroatoms. The van der Waals surface area contributed by atoms with Crippen LogP contribution in [-0.2, 0) is 0 Å². The number of benzene rings is 1. The van der Waals surface area contributed by atoms with Crippen molar-refractivity contribution in [1.82, 2.24) is 0 Å². The second-order valence-electron chi connectivity index (χ2n) is 4.93. The molecule has 0 saturated heterocycles. The molecule has 0 aromatic heterocycles. The van der Waals surface area contributed by atoms with Crippen LogP contribution < -0.4 is 16.8 Å². The molecule has 0 radical (unpaired) electrons. The molecule has 0 heterocycles. The van der Waals surface area contributed by atoms with Gasteiger partial charge in [-0.2, -0.15) is 0 Å². The zero-order chi connectivity index (χ0) is 14.0. The van der Waals surface area contributed by atoms with E-state index in [4.69, 9.17) is 23.1 Å². The highest BCUT2D eigenvalue weighted by molar-refractivity contribution is 6.33. The number of hydrogen-bond acceptors (Lipinski definition) is 3. The third-order valence-corrected chi connectivity index (χ3v) is 3.77. The Labute approximate surface area is 116 Å². The maximum atomic E-state index is 13.7. The number of anilines is 1. The summed E-state index contributed by atoms with van der Waals surface area (Å²) in [5, 5.41) is 3.49. The molecule has 19 heavy (non-hydrogen) atoms. The quantitative estimate of drug-likeness (QED) is 0.797. The van der Waals surface area contributed by atoms with Gasteiger partial charge in [-0.05, 0) is 37.8 Å². The molecular weight excluding hydrogens is 269 g/mol. The molecule has 0 spiro atoms. The summed E-state index contributed by atoms with van der Waals surface area (Å²) in [6.45, 7) is 0. The molecule has 1 aliphatic carbocycles. The van der Waals surface area contributed by atoms with Gasteiger partial charge in [-0.3, -0.25) is 4.79 Å². The molecule has 0 aliphatic heterocycles. The van der Waals surface area contributed by atoms with Gasteiger partial charge < -0.3 is 16.8 Å². The summed E-state index contributed by atoms with van der Waals surface area (Å²) in [5.41, 5.74) is 11.2. The monoisotopic (exact) mass is 285 g/mol. The normalized spacial score (nSPS) is 23.1. The standard InChI is InChI=1S/C13H17ClFN3O/c14-10-5-9(13(17)19)11(15)6-12(10)18-8-3-1-7(16)2-4-8/h5-8,18H,1-4,16H2,(H2,17,19). The van der Waals surface area contributed by atoms with Crippen molar-refractivity contribution in [3.05, 3.63) is 28.5 Å². The molecule has 1 aliphatic rings. The average Bonchev–Trinajstić information content (AvgIpc) is 2.35. The van der Waals surface area contributed by atoms with E-state index in [1.807, 2.05) is 0 Å². The summed E-state index contributed by atoms with van der Waals surface area (Å²) in [4.78, 5) is 11.0. The van der Waals surface area contributed by atoms with Gasteiger partial charge in [-0.1, -0.05) is 11.6 Å². The number of rotatable bonds is 3. The maximum Gasteiger partial charge on any atom is 0.251 e. The minimum atomic E-state index is -0.824. The van der Waals surface area contributed by atoms with Crippen LogP contribution in [-0.4, -0.2) is 18.0 Å². The van der Waals surface area contributed by atoms with E-state index in [2.05, 4.69) is 5.32 Å². The van der Waals surface area contributed by atoms with Crippen molar-refractivity contribution in [2.24, 2.45) is 11.5 Å². The summed E-state index contributed by atoms with van der Waals surface area (Å²) in [6.07, 6.45) is 3.74. The molecule has 104 valence electrons. The highest BCUT2D eigenvalue weighted by Gasteiger charge is 2.20. The van der Waals surface area contributed by atoms with Crippen LogP contribution in [0.15, 0.2) is 12.1 Å². The molecule has 5 N–H and O–H groups in total. The first kappa shape index (κ1) is 14.1. The number of carbonyl (C=O) groups excluding carboxylic acids is 1. The van der Waals surface area contributed by atoms with E-state index in [1.54, 1.807) is 0 Å². The molecule has 1 amide bonds. The van der Waals surface area contributed by atoms with E-state index in [0.717, 1.165) is 25.7 Å². The Bertz CT molecular complexity index is 487. The first-order valence-electron chi connectivity index (χ1n) is 6.28. The fourth-order valence-electron chi connectivity index (χ4n) is 2.33. The van der Waals surface area contributed by atoms with E-state index in [1.165, 1.54) is 12.1 Å². The smallest absolute Gasteiger partial charge is 0.251 e. The number of carbonyl (C=O) groups is 1. The third kappa shape index (κ3) is 3.36. The third-order valence-electron chi connectivity index (χ3n) is 3.45. The fraction of sp³-hybridized carbons (Fsp3) is 0.462. The second kappa shape index (κ2) is 5.75. The Hall–Kier alpha value is -1.33. The lowest BCUT2D eigenvalue weighted by molar-refractivity contribution is 0.0996. The van der Waals surface area contributed by atoms with Crippen LogP contribution in [0.4, 0.5) is 10.1 Å². The van der Waals surface area contributed by atoms with Crippen LogP contribution >= 0.6 is 11.6 Å². The van der Waals surface area contributed by atoms with Gasteiger partial charge in [0.05, 0.1) is 16.3 Å². The van der Waals surface area contributed by atoms with Crippen molar-refractivity contribution >= 4 is 23.2 Å². The van der Waals surface area contributed by atoms with E-state index in [9.17, 15) is 9.18 Å². The molecular formula is C13H17ClFN3O. The summed E-state index contributed by atoms with van der Waals surface area (Å²) in [5.74, 6) is -1.48. The van der Waals surface area contributed by atoms with Crippen LogP contribution in [0.5, 0.6) is 0 Å². The zero-order valence-corrected chi connectivity index (χ0v) is 11.2. The first-order chi connectivity index (χ1) is 8.97. The van der Waals surface area contributed by atoms with Crippen molar-refractivity contribution in [2.45, 2.75) is 37.8 Å². The number of nitrogens with one attached hydrogen (secondary N) is 1. The van der Waals surface area contributed by atoms with Crippen molar-refractivity contribution in [1.29, 1.82) is 0 Å². The van der Waals surface area contributed by atoms with Crippen LogP contribution in [0, 0.1) is 5.82 Å². The van der Waals surface area contributed by atoms with Gasteiger partial charge in [0.25, 0.3) is 5.91 Å². The fourth-order valence-corrected chi connectivity index (χ4v) is 2.55. The lowest BCUT2D eigenvalue weighted by atomic mass is 9.91. The Balaban J connectivity index is 2.13. The Morgan fingerprint density at radius 1 is 1.32 bits per heavy atom. The molecule has 1 saturated carbocycles. The number of primary amides is 1. The van der Waals surface area contributed by atoms with Gasteiger partial charge in [-0.25, -0.2) is 4.39 Å². The van der Waals surface area contributed by atoms with Crippen LogP contribution in [0.3, 0.4) is 0 Å². The lowest BCUT2D eigenvalue weighted by Gasteiger charge is -2.28. The largest absolute Gasteiger partial charge is 0.381 e. The van der Waals surface area contributed by atoms with Gasteiger partial charge in [-0.15, -0.1) is 0 Å². The summed E-state index contributed by atoms with van der Waals surface area (Å²) in [7, 11) is 0. The minimum Gasteiger partial charge on any atom is -0.381 e. The van der Waals surface area contributed by atoms with Gasteiger partial charge >= 0.3 is 0 Å². The first-order valence-corrected chi connectivity index (χ1v) is 6.66. The second-order valence-corrected chi connectivity index (χ2v) is 5.34. The summed E-state index contributed by atoms with van der Waals surface area (Å²) in [6, 6.07) is 2.96. The number of halogens is 2. The van der Waals surface area contributed by atoms with E-state index in [-0.39, 0.29) is 17.6 Å². The number of hydrogen-bond donors (Lipinski definition) is 3. The predicted octanol–water partition coefficient (Wildman–Crippen LogP) is 2.26. The Kier molecular flexibility index (Phi) is 4.27. The highest BCUT2D eigenvalue weighted by Crippen LogP contribution is 2.28. The summed E-state index contributed by atoms with van der Waals surface area (Å²) >= 11 is 6.03. The van der Waals surface area contributed by atoms with Crippen molar-refractivity contribution in [3.63, 3.8) is 0 Å². The van der Waals surface area contributed by atoms with E-state index < -0.39 is 11.7 Å². The van der Waals surface area contributed by atoms with Crippen LogP contribution in [0.25, 0.3) is 0 Å². The summed E-state index contributed by atoms with van der Waals surface area (Å²) < 4.78 is 13.7. The molecule has 0 bridgehead atoms. The van der Waals surface area contributed by atoms with Gasteiger partial charge in [0.15, 0.2) is 0 Å². The average molecular weight is 286 g/mol. The van der Waals surface area contributed by atoms with E-state index in [0.29, 0.717) is 10.7 Å². The minimum absolute atomic E-state index is 0.193. The SMILES string of the molecule is NC(=O)c1cc(Cl)c(NC2CCC(N)CC2)cc1F. The van der Waals surface area contributed by atoms with Gasteiger partial charge in [0.1, 0.15) is 5.82 Å². The molecule has 4 nitrogen and oxygen atoms in total. The van der Waals surface area contributed by atoms with Gasteiger partial charge in [0, 0.05) is 12.1 Å². The van der Waals surface area contributed by atoms with Crippen LogP contribution in [0.1, 0.15) is 36.0 Å². The Morgan fingerprint density at radius 2 is 1.95 bits per heavy atom. The molecule has 2 rings (SSSR count). The molecule has 1 aromatic rings. The van der Waals surface area contributed by atoms with Crippen molar-refractivity contribution < 1.29 is 9.18 Å². The van der Waals surface area contributed by atoms with Crippen molar-refractivity contribution in [3.8, 4) is 0 Å². The Morgan fingerprint density at radius 3 is 2.53 bits per heavy atom.